The first-order valence-electron chi connectivity index (χ1n) is 14.8. The number of esters is 1. The van der Waals surface area contributed by atoms with Crippen LogP contribution in [-0.2, 0) is 59.0 Å². The predicted octanol–water partition coefficient (Wildman–Crippen LogP) is 4.79. The van der Waals surface area contributed by atoms with E-state index in [9.17, 15) is 19.4 Å². The number of nitrogens with two attached hydrogens (primary N) is 4. The number of nitrogen functional groups attached to an aromatic ring is 4. The van der Waals surface area contributed by atoms with Gasteiger partial charge in [0.2, 0.25) is 5.76 Å². The third-order valence-corrected chi connectivity index (χ3v) is 7.74. The molecule has 1 atom stereocenters. The van der Waals surface area contributed by atoms with Crippen LogP contribution in [0.5, 0.6) is 0 Å². The zero-order chi connectivity index (χ0) is 34.5. The van der Waals surface area contributed by atoms with E-state index in [0.717, 1.165) is 22.3 Å². The molecule has 1 heterocycles. The molecule has 1 aliphatic heterocycles. The number of cyclic esters (lactones) is 1. The molecule has 0 saturated heterocycles. The largest absolute Gasteiger partial charge is 0.485 e. The highest BCUT2D eigenvalue weighted by atomic mass is 31.2. The van der Waals surface area contributed by atoms with Crippen molar-refractivity contribution in [1.29, 1.82) is 0 Å². The summed E-state index contributed by atoms with van der Waals surface area (Å²) in [4.78, 5) is 21.8. The normalized spacial score (nSPS) is 14.2. The SMILES string of the molecule is Nc1ccc(COC2=C(OCc3ccc(N)cc3)C(CCO)OC2=O)cc1.Nc1ccc(COP(=O)(O)OCc2ccc(N)cc2)cc1. The van der Waals surface area contributed by atoms with Crippen LogP contribution in [0.2, 0.25) is 0 Å². The Bertz CT molecular complexity index is 1650. The molecule has 13 nitrogen and oxygen atoms in total. The number of carbonyl (C=O) groups is 1. The van der Waals surface area contributed by atoms with Crippen LogP contribution in [0.4, 0.5) is 22.7 Å². The highest BCUT2D eigenvalue weighted by Gasteiger charge is 2.37. The third-order valence-electron chi connectivity index (χ3n) is 6.83. The molecule has 0 fully saturated rings. The summed E-state index contributed by atoms with van der Waals surface area (Å²) in [5.74, 6) is -0.279. The molecule has 48 heavy (non-hydrogen) atoms. The second-order valence-corrected chi connectivity index (χ2v) is 12.1. The van der Waals surface area contributed by atoms with Crippen molar-refractivity contribution in [3.63, 3.8) is 0 Å². The number of phosphoric acid groups is 1. The average Bonchev–Trinajstić information content (AvgIpc) is 3.37. The molecule has 14 heteroatoms. The second-order valence-electron chi connectivity index (χ2n) is 10.7. The van der Waals surface area contributed by atoms with Crippen molar-refractivity contribution in [2.24, 2.45) is 0 Å². The van der Waals surface area contributed by atoms with Crippen molar-refractivity contribution in [2.75, 3.05) is 29.5 Å². The van der Waals surface area contributed by atoms with Gasteiger partial charge in [0.05, 0.1) is 13.2 Å². The molecule has 0 aromatic heterocycles. The predicted molar refractivity (Wildman–Crippen MR) is 181 cm³/mol. The zero-order valence-electron chi connectivity index (χ0n) is 26.1. The Morgan fingerprint density at radius 2 is 0.958 bits per heavy atom. The molecular formula is C34H39N4O9P. The molecule has 0 radical (unpaired) electrons. The summed E-state index contributed by atoms with van der Waals surface area (Å²) in [6.45, 7) is 0.192. The Morgan fingerprint density at radius 3 is 1.33 bits per heavy atom. The summed E-state index contributed by atoms with van der Waals surface area (Å²) in [5, 5.41) is 9.23. The zero-order valence-corrected chi connectivity index (χ0v) is 27.0. The molecule has 0 amide bonds. The lowest BCUT2D eigenvalue weighted by atomic mass is 10.2. The minimum absolute atomic E-state index is 0.0284. The van der Waals surface area contributed by atoms with Crippen molar-refractivity contribution in [2.45, 2.75) is 39.0 Å². The molecule has 1 unspecified atom stereocenters. The number of rotatable bonds is 14. The van der Waals surface area contributed by atoms with Gasteiger partial charge in [-0.05, 0) is 70.8 Å². The summed E-state index contributed by atoms with van der Waals surface area (Å²) >= 11 is 0. The molecule has 1 aliphatic rings. The van der Waals surface area contributed by atoms with E-state index in [2.05, 4.69) is 0 Å². The first-order valence-corrected chi connectivity index (χ1v) is 16.3. The number of phosphoric ester groups is 1. The van der Waals surface area contributed by atoms with Gasteiger partial charge in [0, 0.05) is 35.8 Å². The van der Waals surface area contributed by atoms with Crippen molar-refractivity contribution < 1.29 is 42.6 Å². The highest BCUT2D eigenvalue weighted by Crippen LogP contribution is 2.45. The van der Waals surface area contributed by atoms with Gasteiger partial charge in [-0.15, -0.1) is 0 Å². The number of aliphatic hydroxyl groups excluding tert-OH is 1. The first kappa shape index (κ1) is 35.8. The van der Waals surface area contributed by atoms with Gasteiger partial charge in [0.15, 0.2) is 11.9 Å². The molecule has 0 bridgehead atoms. The van der Waals surface area contributed by atoms with Crippen molar-refractivity contribution in [3.8, 4) is 0 Å². The summed E-state index contributed by atoms with van der Waals surface area (Å²) in [7, 11) is -4.11. The topological polar surface area (TPSA) is 225 Å². The maximum absolute atomic E-state index is 12.2. The lowest BCUT2D eigenvalue weighted by Crippen LogP contribution is -2.15. The van der Waals surface area contributed by atoms with E-state index in [4.69, 9.17) is 46.2 Å². The van der Waals surface area contributed by atoms with Gasteiger partial charge >= 0.3 is 13.8 Å². The summed E-state index contributed by atoms with van der Waals surface area (Å²) in [6, 6.07) is 28.0. The van der Waals surface area contributed by atoms with E-state index in [1.165, 1.54) is 0 Å². The standard InChI is InChI=1S/C20H22N2O5.C14H17N2O4P/c21-15-5-1-13(2-6-15)11-25-18-17(9-10-23)27-20(24)19(18)26-12-14-3-7-16(22)8-4-14;15-13-5-1-11(2-6-13)9-19-21(17,18)20-10-12-3-7-14(16)8-4-12/h1-8,17,23H,9-12,21-22H2;1-8H,9-10,15-16H2,(H,17,18). The number of hydrogen-bond acceptors (Lipinski definition) is 12. The number of carbonyl (C=O) groups excluding carboxylic acids is 1. The molecule has 254 valence electrons. The maximum Gasteiger partial charge on any atom is 0.472 e. The van der Waals surface area contributed by atoms with Gasteiger partial charge in [-0.3, -0.25) is 9.05 Å². The number of anilines is 4. The minimum Gasteiger partial charge on any atom is -0.485 e. The Balaban J connectivity index is 0.000000224. The van der Waals surface area contributed by atoms with E-state index in [1.54, 1.807) is 72.8 Å². The van der Waals surface area contributed by atoms with Crippen molar-refractivity contribution in [3.05, 3.63) is 131 Å². The van der Waals surface area contributed by atoms with Crippen LogP contribution in [-0.4, -0.2) is 28.7 Å². The molecule has 5 rings (SSSR count). The number of aliphatic hydroxyl groups is 1. The molecule has 10 N–H and O–H groups in total. The molecule has 0 aliphatic carbocycles. The van der Waals surface area contributed by atoms with Gasteiger partial charge in [-0.1, -0.05) is 48.5 Å². The van der Waals surface area contributed by atoms with E-state index in [0.29, 0.717) is 28.5 Å². The van der Waals surface area contributed by atoms with Gasteiger partial charge < -0.3 is 47.1 Å². The first-order chi connectivity index (χ1) is 23.0. The number of hydrogen-bond donors (Lipinski definition) is 6. The Morgan fingerprint density at radius 1 is 0.604 bits per heavy atom. The lowest BCUT2D eigenvalue weighted by molar-refractivity contribution is -0.143. The molecular weight excluding hydrogens is 639 g/mol. The van der Waals surface area contributed by atoms with Crippen LogP contribution in [0, 0.1) is 0 Å². The van der Waals surface area contributed by atoms with Gasteiger partial charge in [-0.25, -0.2) is 9.36 Å². The molecule has 0 saturated carbocycles. The summed E-state index contributed by atoms with van der Waals surface area (Å²) in [5.41, 5.74) is 28.2. The number of ether oxygens (including phenoxy) is 3. The van der Waals surface area contributed by atoms with Crippen LogP contribution in [0.1, 0.15) is 28.7 Å². The summed E-state index contributed by atoms with van der Waals surface area (Å²) < 4.78 is 38.4. The number of benzene rings is 4. The van der Waals surface area contributed by atoms with Gasteiger partial charge in [0.1, 0.15) is 13.2 Å². The maximum atomic E-state index is 12.2. The minimum atomic E-state index is -4.11. The Labute approximate surface area is 278 Å². The highest BCUT2D eigenvalue weighted by molar-refractivity contribution is 7.47. The van der Waals surface area contributed by atoms with Crippen molar-refractivity contribution >= 4 is 36.5 Å². The van der Waals surface area contributed by atoms with E-state index < -0.39 is 19.9 Å². The second kappa shape index (κ2) is 17.2. The fourth-order valence-electron chi connectivity index (χ4n) is 4.20. The third kappa shape index (κ3) is 11.3. The van der Waals surface area contributed by atoms with E-state index in [-0.39, 0.29) is 45.2 Å². The van der Waals surface area contributed by atoms with Crippen LogP contribution < -0.4 is 22.9 Å². The van der Waals surface area contributed by atoms with E-state index >= 15 is 0 Å². The van der Waals surface area contributed by atoms with Gasteiger partial charge in [0.25, 0.3) is 0 Å². The van der Waals surface area contributed by atoms with Gasteiger partial charge in [-0.2, -0.15) is 0 Å². The quantitative estimate of drug-likeness (QED) is 0.0600. The van der Waals surface area contributed by atoms with Crippen LogP contribution in [0.15, 0.2) is 109 Å². The molecule has 4 aromatic carbocycles. The monoisotopic (exact) mass is 678 g/mol. The van der Waals surface area contributed by atoms with Crippen LogP contribution >= 0.6 is 7.82 Å². The molecule has 0 spiro atoms. The fourth-order valence-corrected chi connectivity index (χ4v) is 4.90. The van der Waals surface area contributed by atoms with E-state index in [1.807, 2.05) is 24.3 Å². The Hall–Kier alpha value is -5.04. The average molecular weight is 679 g/mol. The Kier molecular flexibility index (Phi) is 12.8. The summed E-state index contributed by atoms with van der Waals surface area (Å²) in [6.07, 6.45) is -0.435. The smallest absolute Gasteiger partial charge is 0.472 e. The lowest BCUT2D eigenvalue weighted by Gasteiger charge is -2.14. The van der Waals surface area contributed by atoms with Crippen LogP contribution in [0.3, 0.4) is 0 Å². The van der Waals surface area contributed by atoms with Crippen molar-refractivity contribution in [1.82, 2.24) is 0 Å². The molecule has 4 aromatic rings. The van der Waals surface area contributed by atoms with Crippen LogP contribution in [0.25, 0.3) is 0 Å². The fraction of sp³-hybridized carbons (Fsp3) is 0.206.